The summed E-state index contributed by atoms with van der Waals surface area (Å²) in [6.07, 6.45) is 5.81. The normalized spacial score (nSPS) is 22.9. The highest BCUT2D eigenvalue weighted by atomic mass is 32.2. The number of anilines is 2. The van der Waals surface area contributed by atoms with E-state index < -0.39 is 5.91 Å². The van der Waals surface area contributed by atoms with Gasteiger partial charge in [-0.15, -0.1) is 0 Å². The van der Waals surface area contributed by atoms with Crippen molar-refractivity contribution in [1.82, 2.24) is 0 Å². The van der Waals surface area contributed by atoms with Gasteiger partial charge in [0.1, 0.15) is 0 Å². The standard InChI is InChI=1S/C13H19N3OS/c1-18-12-4-2-3-11(12)16-10-6-5-8(13(15)17)7-9(10)14/h5-7,11-12,16H,2-4,14H2,1H3,(H2,15,17). The summed E-state index contributed by atoms with van der Waals surface area (Å²) in [6.45, 7) is 0. The lowest BCUT2D eigenvalue weighted by Crippen LogP contribution is -2.26. The van der Waals surface area contributed by atoms with E-state index in [0.717, 1.165) is 5.69 Å². The number of benzene rings is 1. The second kappa shape index (κ2) is 5.52. The number of hydrogen-bond donors (Lipinski definition) is 3. The van der Waals surface area contributed by atoms with Crippen molar-refractivity contribution in [2.24, 2.45) is 5.73 Å². The molecule has 1 aliphatic carbocycles. The average molecular weight is 265 g/mol. The topological polar surface area (TPSA) is 81.1 Å². The third-order valence-electron chi connectivity index (χ3n) is 3.43. The van der Waals surface area contributed by atoms with Gasteiger partial charge in [-0.2, -0.15) is 11.8 Å². The molecule has 1 amide bonds. The minimum absolute atomic E-state index is 0.448. The number of hydrogen-bond acceptors (Lipinski definition) is 4. The fourth-order valence-corrected chi connectivity index (χ4v) is 3.36. The first-order chi connectivity index (χ1) is 8.61. The molecule has 0 aromatic heterocycles. The molecule has 0 aliphatic heterocycles. The van der Waals surface area contributed by atoms with Crippen LogP contribution < -0.4 is 16.8 Å². The van der Waals surface area contributed by atoms with Crippen molar-refractivity contribution in [3.05, 3.63) is 23.8 Å². The lowest BCUT2D eigenvalue weighted by molar-refractivity contribution is 0.100. The highest BCUT2D eigenvalue weighted by molar-refractivity contribution is 7.99. The van der Waals surface area contributed by atoms with Crippen LogP contribution in [0.4, 0.5) is 11.4 Å². The number of thioether (sulfide) groups is 1. The lowest BCUT2D eigenvalue weighted by atomic mass is 10.1. The molecule has 0 spiro atoms. The van der Waals surface area contributed by atoms with Crippen molar-refractivity contribution in [1.29, 1.82) is 0 Å². The van der Waals surface area contributed by atoms with E-state index in [9.17, 15) is 4.79 Å². The van der Waals surface area contributed by atoms with Gasteiger partial charge in [-0.1, -0.05) is 6.42 Å². The molecule has 2 rings (SSSR count). The van der Waals surface area contributed by atoms with E-state index >= 15 is 0 Å². The molecule has 2 atom stereocenters. The van der Waals surface area contributed by atoms with Crippen LogP contribution in [-0.2, 0) is 0 Å². The van der Waals surface area contributed by atoms with E-state index in [0.29, 0.717) is 22.5 Å². The average Bonchev–Trinajstić information content (AvgIpc) is 2.78. The molecule has 0 heterocycles. The number of rotatable bonds is 4. The number of nitrogen functional groups attached to an aromatic ring is 1. The van der Waals surface area contributed by atoms with Crippen LogP contribution in [0.1, 0.15) is 29.6 Å². The monoisotopic (exact) mass is 265 g/mol. The molecule has 1 fully saturated rings. The van der Waals surface area contributed by atoms with Crippen molar-refractivity contribution in [3.63, 3.8) is 0 Å². The summed E-state index contributed by atoms with van der Waals surface area (Å²) < 4.78 is 0. The number of carbonyl (C=O) groups excluding carboxylic acids is 1. The summed E-state index contributed by atoms with van der Waals surface area (Å²) in [5.41, 5.74) is 13.1. The van der Waals surface area contributed by atoms with Gasteiger partial charge in [-0.3, -0.25) is 4.79 Å². The minimum atomic E-state index is -0.448. The van der Waals surface area contributed by atoms with Crippen LogP contribution in [0.3, 0.4) is 0 Å². The van der Waals surface area contributed by atoms with E-state index in [1.54, 1.807) is 12.1 Å². The zero-order chi connectivity index (χ0) is 13.1. The first-order valence-electron chi connectivity index (χ1n) is 6.10. The Labute approximate surface area is 111 Å². The second-order valence-electron chi connectivity index (χ2n) is 4.62. The molecule has 5 heteroatoms. The molecule has 4 nitrogen and oxygen atoms in total. The Morgan fingerprint density at radius 2 is 2.22 bits per heavy atom. The number of carbonyl (C=O) groups is 1. The Hall–Kier alpha value is -1.36. The molecule has 0 saturated heterocycles. The fraction of sp³-hybridized carbons (Fsp3) is 0.462. The number of amides is 1. The molecule has 5 N–H and O–H groups in total. The maximum absolute atomic E-state index is 11.1. The molecule has 1 aromatic rings. The first kappa shape index (κ1) is 13.1. The molecule has 1 aliphatic rings. The van der Waals surface area contributed by atoms with Gasteiger partial charge in [0, 0.05) is 16.9 Å². The highest BCUT2D eigenvalue weighted by Gasteiger charge is 2.26. The van der Waals surface area contributed by atoms with Gasteiger partial charge in [0.15, 0.2) is 0 Å². The van der Waals surface area contributed by atoms with Gasteiger partial charge < -0.3 is 16.8 Å². The van der Waals surface area contributed by atoms with Gasteiger partial charge in [0.05, 0.1) is 11.4 Å². The van der Waals surface area contributed by atoms with Crippen LogP contribution in [0, 0.1) is 0 Å². The molecule has 1 saturated carbocycles. The summed E-state index contributed by atoms with van der Waals surface area (Å²) in [6, 6.07) is 5.64. The fourth-order valence-electron chi connectivity index (χ4n) is 2.42. The molecule has 0 bridgehead atoms. The van der Waals surface area contributed by atoms with E-state index in [1.807, 2.05) is 17.8 Å². The molecule has 2 unspecified atom stereocenters. The van der Waals surface area contributed by atoms with Crippen LogP contribution in [0.5, 0.6) is 0 Å². The van der Waals surface area contributed by atoms with Crippen LogP contribution in [0.2, 0.25) is 0 Å². The van der Waals surface area contributed by atoms with Crippen molar-refractivity contribution in [3.8, 4) is 0 Å². The van der Waals surface area contributed by atoms with E-state index in [2.05, 4.69) is 11.6 Å². The first-order valence-corrected chi connectivity index (χ1v) is 7.39. The van der Waals surface area contributed by atoms with Crippen molar-refractivity contribution < 1.29 is 4.79 Å². The number of nitrogens with two attached hydrogens (primary N) is 2. The largest absolute Gasteiger partial charge is 0.397 e. The van der Waals surface area contributed by atoms with Crippen molar-refractivity contribution >= 4 is 29.0 Å². The third kappa shape index (κ3) is 2.72. The van der Waals surface area contributed by atoms with E-state index in [4.69, 9.17) is 11.5 Å². The van der Waals surface area contributed by atoms with Gasteiger partial charge in [0.2, 0.25) is 5.91 Å². The summed E-state index contributed by atoms with van der Waals surface area (Å²) >= 11 is 1.90. The Morgan fingerprint density at radius 1 is 1.44 bits per heavy atom. The third-order valence-corrected chi connectivity index (χ3v) is 4.60. The Kier molecular flexibility index (Phi) is 4.01. The Morgan fingerprint density at radius 3 is 2.83 bits per heavy atom. The number of primary amides is 1. The predicted molar refractivity (Wildman–Crippen MR) is 77.9 cm³/mol. The number of nitrogens with one attached hydrogen (secondary N) is 1. The lowest BCUT2D eigenvalue weighted by Gasteiger charge is -2.21. The summed E-state index contributed by atoms with van der Waals surface area (Å²) in [4.78, 5) is 11.1. The summed E-state index contributed by atoms with van der Waals surface area (Å²) in [7, 11) is 0. The summed E-state index contributed by atoms with van der Waals surface area (Å²) in [5.74, 6) is -0.448. The van der Waals surface area contributed by atoms with Crippen LogP contribution in [-0.4, -0.2) is 23.5 Å². The predicted octanol–water partition coefficient (Wildman–Crippen LogP) is 2.06. The molecular formula is C13H19N3OS. The highest BCUT2D eigenvalue weighted by Crippen LogP contribution is 2.32. The maximum atomic E-state index is 11.1. The Balaban J connectivity index is 2.12. The van der Waals surface area contributed by atoms with Gasteiger partial charge in [0.25, 0.3) is 0 Å². The van der Waals surface area contributed by atoms with Gasteiger partial charge in [-0.05, 0) is 37.3 Å². The van der Waals surface area contributed by atoms with Crippen LogP contribution in [0.15, 0.2) is 18.2 Å². The SMILES string of the molecule is CSC1CCCC1Nc1ccc(C(N)=O)cc1N. The quantitative estimate of drug-likeness (QED) is 0.728. The zero-order valence-corrected chi connectivity index (χ0v) is 11.3. The van der Waals surface area contributed by atoms with E-state index in [-0.39, 0.29) is 0 Å². The molecular weight excluding hydrogens is 246 g/mol. The van der Waals surface area contributed by atoms with E-state index in [1.165, 1.54) is 19.3 Å². The Bertz CT molecular complexity index is 450. The second-order valence-corrected chi connectivity index (χ2v) is 5.70. The van der Waals surface area contributed by atoms with Crippen molar-refractivity contribution in [2.75, 3.05) is 17.3 Å². The zero-order valence-electron chi connectivity index (χ0n) is 10.5. The van der Waals surface area contributed by atoms with Crippen LogP contribution >= 0.6 is 11.8 Å². The maximum Gasteiger partial charge on any atom is 0.248 e. The van der Waals surface area contributed by atoms with Crippen LogP contribution in [0.25, 0.3) is 0 Å². The molecule has 18 heavy (non-hydrogen) atoms. The smallest absolute Gasteiger partial charge is 0.248 e. The molecule has 0 radical (unpaired) electrons. The van der Waals surface area contributed by atoms with Gasteiger partial charge in [-0.25, -0.2) is 0 Å². The van der Waals surface area contributed by atoms with Gasteiger partial charge >= 0.3 is 0 Å². The minimum Gasteiger partial charge on any atom is -0.397 e. The molecule has 98 valence electrons. The molecule has 1 aromatic carbocycles. The summed E-state index contributed by atoms with van der Waals surface area (Å²) in [5, 5.41) is 4.12. The van der Waals surface area contributed by atoms with Crippen molar-refractivity contribution in [2.45, 2.75) is 30.6 Å².